The van der Waals surface area contributed by atoms with Crippen LogP contribution >= 0.6 is 0 Å². The lowest BCUT2D eigenvalue weighted by molar-refractivity contribution is 0.0527. The largest absolute Gasteiger partial charge is 0.493 e. The molecule has 0 amide bonds. The molecule has 0 radical (unpaired) electrons. The predicted octanol–water partition coefficient (Wildman–Crippen LogP) is 4.48. The van der Waals surface area contributed by atoms with Gasteiger partial charge in [-0.3, -0.25) is 4.98 Å². The van der Waals surface area contributed by atoms with Gasteiger partial charge in [0.2, 0.25) is 0 Å². The van der Waals surface area contributed by atoms with Gasteiger partial charge in [-0.05, 0) is 56.5 Å². The van der Waals surface area contributed by atoms with E-state index in [0.717, 1.165) is 30.8 Å². The third-order valence-electron chi connectivity index (χ3n) is 5.95. The monoisotopic (exact) mass is 436 g/mol. The van der Waals surface area contributed by atoms with Crippen LogP contribution in [0.1, 0.15) is 48.1 Å². The number of ether oxygens (including phenoxy) is 2. The molecule has 2 bridgehead atoms. The highest BCUT2D eigenvalue weighted by molar-refractivity contribution is 6.03. The third kappa shape index (κ3) is 3.70. The minimum atomic E-state index is -0.431. The number of carbonyl (C=O) groups excluding carboxylic acids is 1. The smallest absolute Gasteiger partial charge is 0.341 e. The molecular weight excluding hydrogens is 411 g/mol. The molecule has 1 saturated heterocycles. The van der Waals surface area contributed by atoms with E-state index in [4.69, 9.17) is 14.5 Å². The average molecular weight is 436 g/mol. The molecule has 2 aliphatic rings. The van der Waals surface area contributed by atoms with Gasteiger partial charge in [0.15, 0.2) is 0 Å². The summed E-state index contributed by atoms with van der Waals surface area (Å²) in [5.41, 5.74) is 3.14. The SMILES string of the molecule is CCOC(=O)c1cnc2ccc3nc2c1NCCCOc1ccc(F)cc1[C@H]1CCCN31. The van der Waals surface area contributed by atoms with Gasteiger partial charge in [-0.2, -0.15) is 0 Å². The molecule has 8 heteroatoms. The molecule has 1 N–H and O–H groups in total. The number of fused-ring (bicyclic) bond motifs is 5. The topological polar surface area (TPSA) is 76.6 Å². The molecule has 0 saturated carbocycles. The van der Waals surface area contributed by atoms with Crippen LogP contribution in [0.25, 0.3) is 11.0 Å². The molecule has 3 aromatic rings. The van der Waals surface area contributed by atoms with Gasteiger partial charge in [0.05, 0.1) is 30.5 Å². The van der Waals surface area contributed by atoms with Gasteiger partial charge >= 0.3 is 5.97 Å². The first kappa shape index (κ1) is 20.5. The molecule has 7 nitrogen and oxygen atoms in total. The number of nitrogens with zero attached hydrogens (tertiary/aromatic N) is 3. The normalized spacial score (nSPS) is 17.9. The Bertz CT molecular complexity index is 1170. The van der Waals surface area contributed by atoms with Crippen LogP contribution in [0.2, 0.25) is 0 Å². The minimum Gasteiger partial charge on any atom is -0.493 e. The van der Waals surface area contributed by atoms with Crippen LogP contribution in [0.3, 0.4) is 0 Å². The Labute approximate surface area is 185 Å². The fraction of sp³-hybridized carbons (Fsp3) is 0.375. The molecule has 2 aliphatic heterocycles. The van der Waals surface area contributed by atoms with Crippen molar-refractivity contribution in [2.75, 3.05) is 36.5 Å². The summed E-state index contributed by atoms with van der Waals surface area (Å²) in [7, 11) is 0. The Balaban J connectivity index is 1.66. The zero-order valence-corrected chi connectivity index (χ0v) is 17.9. The van der Waals surface area contributed by atoms with E-state index >= 15 is 0 Å². The van der Waals surface area contributed by atoms with Crippen molar-refractivity contribution < 1.29 is 18.7 Å². The zero-order chi connectivity index (χ0) is 22.1. The lowest BCUT2D eigenvalue weighted by Crippen LogP contribution is -2.24. The van der Waals surface area contributed by atoms with Crippen molar-refractivity contribution in [1.82, 2.24) is 9.97 Å². The van der Waals surface area contributed by atoms with Crippen LogP contribution in [0.4, 0.5) is 15.9 Å². The van der Waals surface area contributed by atoms with E-state index in [2.05, 4.69) is 15.2 Å². The van der Waals surface area contributed by atoms with Gasteiger partial charge in [0, 0.05) is 24.8 Å². The second kappa shape index (κ2) is 8.61. The number of anilines is 2. The molecule has 2 aromatic heterocycles. The summed E-state index contributed by atoms with van der Waals surface area (Å²) >= 11 is 0. The number of hydrogen-bond donors (Lipinski definition) is 1. The van der Waals surface area contributed by atoms with Gasteiger partial charge in [-0.1, -0.05) is 0 Å². The Morgan fingerprint density at radius 1 is 1.31 bits per heavy atom. The van der Waals surface area contributed by atoms with Gasteiger partial charge in [0.25, 0.3) is 0 Å². The van der Waals surface area contributed by atoms with E-state index in [1.807, 2.05) is 12.1 Å². The molecule has 4 heterocycles. The maximum atomic E-state index is 14.2. The first-order chi connectivity index (χ1) is 15.7. The molecule has 5 rings (SSSR count). The predicted molar refractivity (Wildman–Crippen MR) is 120 cm³/mol. The molecule has 1 atom stereocenters. The van der Waals surface area contributed by atoms with Gasteiger partial charge in [-0.15, -0.1) is 0 Å². The van der Waals surface area contributed by atoms with Gasteiger partial charge < -0.3 is 19.7 Å². The van der Waals surface area contributed by atoms with E-state index in [9.17, 15) is 9.18 Å². The standard InChI is InChI=1S/C24H25FN4O3/c1-2-31-24(30)17-14-27-18-7-9-21-28-23(18)22(17)26-10-4-12-32-20-8-6-15(25)13-16(20)19-5-3-11-29(19)21/h6-9,13-14,19,26H,2-5,10-12H2,1H3/t19-/m1/s1. The van der Waals surface area contributed by atoms with E-state index in [-0.39, 0.29) is 18.5 Å². The summed E-state index contributed by atoms with van der Waals surface area (Å²) in [5.74, 6) is 0.761. The van der Waals surface area contributed by atoms with E-state index < -0.39 is 5.97 Å². The summed E-state index contributed by atoms with van der Waals surface area (Å²) in [6, 6.07) is 8.53. The fourth-order valence-electron chi connectivity index (χ4n) is 4.50. The van der Waals surface area contributed by atoms with Crippen LogP contribution in [0.15, 0.2) is 36.5 Å². The molecule has 1 fully saturated rings. The van der Waals surface area contributed by atoms with Crippen molar-refractivity contribution in [3.05, 3.63) is 53.5 Å². The quantitative estimate of drug-likeness (QED) is 0.594. The summed E-state index contributed by atoms with van der Waals surface area (Å²) in [6.45, 7) is 3.89. The van der Waals surface area contributed by atoms with Crippen molar-refractivity contribution in [3.63, 3.8) is 0 Å². The summed E-state index contributed by atoms with van der Waals surface area (Å²) < 4.78 is 25.5. The molecule has 0 spiro atoms. The molecule has 0 unspecified atom stereocenters. The summed E-state index contributed by atoms with van der Waals surface area (Å²) in [6.07, 6.45) is 4.07. The Hall–Kier alpha value is -3.42. The second-order valence-corrected chi connectivity index (χ2v) is 7.97. The van der Waals surface area contributed by atoms with Gasteiger partial charge in [0.1, 0.15) is 28.5 Å². The van der Waals surface area contributed by atoms with E-state index in [0.29, 0.717) is 47.6 Å². The number of rotatable bonds is 2. The molecule has 166 valence electrons. The van der Waals surface area contributed by atoms with Crippen molar-refractivity contribution in [2.24, 2.45) is 0 Å². The van der Waals surface area contributed by atoms with Crippen LogP contribution in [0.5, 0.6) is 5.75 Å². The van der Waals surface area contributed by atoms with Crippen molar-refractivity contribution in [2.45, 2.75) is 32.2 Å². The Morgan fingerprint density at radius 2 is 2.22 bits per heavy atom. The van der Waals surface area contributed by atoms with Crippen LogP contribution in [-0.4, -0.2) is 42.2 Å². The summed E-state index contributed by atoms with van der Waals surface area (Å²) in [5, 5.41) is 3.36. The minimum absolute atomic E-state index is 0.0380. The number of halogens is 1. The third-order valence-corrected chi connectivity index (χ3v) is 5.95. The molecule has 0 aliphatic carbocycles. The maximum absolute atomic E-state index is 14.2. The number of carbonyl (C=O) groups is 1. The lowest BCUT2D eigenvalue weighted by Gasteiger charge is -2.28. The van der Waals surface area contributed by atoms with Crippen molar-refractivity contribution in [3.8, 4) is 5.75 Å². The Kier molecular flexibility index (Phi) is 5.51. The molecule has 1 aromatic carbocycles. The fourth-order valence-corrected chi connectivity index (χ4v) is 4.50. The molecular formula is C24H25FN4O3. The lowest BCUT2D eigenvalue weighted by atomic mass is 10.0. The molecule has 32 heavy (non-hydrogen) atoms. The highest BCUT2D eigenvalue weighted by atomic mass is 19.1. The number of hydrogen-bond acceptors (Lipinski definition) is 7. The number of pyridine rings is 2. The van der Waals surface area contributed by atoms with Crippen molar-refractivity contribution >= 4 is 28.5 Å². The average Bonchev–Trinajstić information content (AvgIpc) is 3.28. The highest BCUT2D eigenvalue weighted by Gasteiger charge is 2.30. The van der Waals surface area contributed by atoms with E-state index in [1.165, 1.54) is 12.3 Å². The zero-order valence-electron chi connectivity index (χ0n) is 17.9. The highest BCUT2D eigenvalue weighted by Crippen LogP contribution is 2.40. The Morgan fingerprint density at radius 3 is 3.09 bits per heavy atom. The number of benzene rings is 1. The second-order valence-electron chi connectivity index (χ2n) is 7.97. The van der Waals surface area contributed by atoms with Crippen LogP contribution in [0, 0.1) is 5.82 Å². The van der Waals surface area contributed by atoms with Crippen molar-refractivity contribution in [1.29, 1.82) is 0 Å². The van der Waals surface area contributed by atoms with Gasteiger partial charge in [-0.25, -0.2) is 14.2 Å². The number of aromatic nitrogens is 2. The van der Waals surface area contributed by atoms with Crippen LogP contribution < -0.4 is 15.0 Å². The van der Waals surface area contributed by atoms with E-state index in [1.54, 1.807) is 19.1 Å². The first-order valence-electron chi connectivity index (χ1n) is 11.1. The summed E-state index contributed by atoms with van der Waals surface area (Å²) in [4.78, 5) is 24.1. The first-order valence-corrected chi connectivity index (χ1v) is 11.1. The maximum Gasteiger partial charge on any atom is 0.341 e. The number of nitrogens with one attached hydrogen (secondary N) is 1. The number of esters is 1. The van der Waals surface area contributed by atoms with Crippen LogP contribution in [-0.2, 0) is 4.74 Å².